The molecule has 116 valence electrons. The Labute approximate surface area is 133 Å². The minimum absolute atomic E-state index is 0.0121. The lowest BCUT2D eigenvalue weighted by Gasteiger charge is -2.39. The molecule has 2 atom stereocenters. The van der Waals surface area contributed by atoms with Crippen molar-refractivity contribution >= 4 is 38.3 Å². The van der Waals surface area contributed by atoms with E-state index in [2.05, 4.69) is 69.4 Å². The van der Waals surface area contributed by atoms with Gasteiger partial charge < -0.3 is 8.85 Å². The smallest absolute Gasteiger partial charge is 0.199 e. The van der Waals surface area contributed by atoms with Crippen LogP contribution in [0.2, 0.25) is 37.8 Å². The van der Waals surface area contributed by atoms with Gasteiger partial charge in [-0.05, 0) is 59.8 Å². The van der Waals surface area contributed by atoms with E-state index in [-0.39, 0.29) is 16.9 Å². The predicted molar refractivity (Wildman–Crippen MR) is 92.3 cm³/mol. The Hall–Kier alpha value is 0.244. The monoisotopic (exact) mass is 378 g/mol. The highest BCUT2D eigenvalue weighted by molar-refractivity contribution is 9.12. The molecule has 1 rings (SSSR count). The summed E-state index contributed by atoms with van der Waals surface area (Å²) in [6.07, 6.45) is 1.12. The molecular formula is C14H27BrO3Si2. The Bertz CT molecular complexity index is 419. The van der Waals surface area contributed by atoms with Crippen LogP contribution >= 0.6 is 15.9 Å². The van der Waals surface area contributed by atoms with Crippen molar-refractivity contribution in [3.8, 4) is 0 Å². The highest BCUT2D eigenvalue weighted by Gasteiger charge is 2.46. The zero-order valence-electron chi connectivity index (χ0n) is 13.8. The summed E-state index contributed by atoms with van der Waals surface area (Å²) in [5.41, 5.74) is 0. The fourth-order valence-electron chi connectivity index (χ4n) is 1.72. The van der Waals surface area contributed by atoms with Crippen LogP contribution in [-0.2, 0) is 13.6 Å². The molecule has 0 aromatic carbocycles. The number of hydrogen-bond acceptors (Lipinski definition) is 3. The zero-order valence-corrected chi connectivity index (χ0v) is 17.4. The highest BCUT2D eigenvalue weighted by Crippen LogP contribution is 2.40. The normalized spacial score (nSPS) is 25.1. The molecule has 1 aliphatic rings. The average molecular weight is 379 g/mol. The first kappa shape index (κ1) is 18.3. The maximum absolute atomic E-state index is 12.3. The molecule has 0 aliphatic heterocycles. The molecule has 0 aromatic rings. The minimum Gasteiger partial charge on any atom is -0.408 e. The molecule has 0 saturated carbocycles. The molecule has 3 nitrogen and oxygen atoms in total. The van der Waals surface area contributed by atoms with E-state index >= 15 is 0 Å². The maximum atomic E-state index is 12.3. The fourth-order valence-corrected chi connectivity index (χ4v) is 4.44. The standard InChI is InChI=1S/C14H27BrO3Si2/c1-14(2,3)20(7,8)18-13-11(17-19(4,5)6)9-10(15)12(13)16/h9,11,13H,1-8H3/t11-,13+/m1/s1. The quantitative estimate of drug-likeness (QED) is 0.677. The molecule has 0 heterocycles. The van der Waals surface area contributed by atoms with Gasteiger partial charge in [-0.1, -0.05) is 20.8 Å². The number of carbonyl (C=O) groups is 1. The van der Waals surface area contributed by atoms with Crippen LogP contribution in [0.15, 0.2) is 10.6 Å². The average Bonchev–Trinajstić information content (AvgIpc) is 2.41. The predicted octanol–water partition coefficient (Wildman–Crippen LogP) is 4.46. The van der Waals surface area contributed by atoms with Gasteiger partial charge in [-0.15, -0.1) is 0 Å². The fraction of sp³-hybridized carbons (Fsp3) is 0.786. The van der Waals surface area contributed by atoms with Crippen LogP contribution in [0, 0.1) is 0 Å². The summed E-state index contributed by atoms with van der Waals surface area (Å²) < 4.78 is 13.0. The molecule has 0 aromatic heterocycles. The molecule has 0 spiro atoms. The molecular weight excluding hydrogens is 352 g/mol. The first-order chi connectivity index (χ1) is 8.74. The topological polar surface area (TPSA) is 35.5 Å². The van der Waals surface area contributed by atoms with Crippen molar-refractivity contribution in [2.75, 3.05) is 0 Å². The Morgan fingerprint density at radius 1 is 1.10 bits per heavy atom. The Morgan fingerprint density at radius 3 is 2.00 bits per heavy atom. The van der Waals surface area contributed by atoms with Crippen LogP contribution in [0.1, 0.15) is 20.8 Å². The summed E-state index contributed by atoms with van der Waals surface area (Å²) >= 11 is 3.33. The van der Waals surface area contributed by atoms with Crippen molar-refractivity contribution in [2.45, 2.75) is 70.8 Å². The molecule has 0 bridgehead atoms. The number of ketones is 1. The van der Waals surface area contributed by atoms with Gasteiger partial charge in [0.15, 0.2) is 22.4 Å². The van der Waals surface area contributed by atoms with E-state index in [0.717, 1.165) is 0 Å². The molecule has 6 heteroatoms. The number of halogens is 1. The van der Waals surface area contributed by atoms with Gasteiger partial charge in [0.2, 0.25) is 0 Å². The Morgan fingerprint density at radius 2 is 1.60 bits per heavy atom. The van der Waals surface area contributed by atoms with Crippen molar-refractivity contribution in [3.63, 3.8) is 0 Å². The van der Waals surface area contributed by atoms with Crippen LogP contribution in [0.5, 0.6) is 0 Å². The van der Waals surface area contributed by atoms with Crippen LogP contribution in [-0.4, -0.2) is 34.6 Å². The van der Waals surface area contributed by atoms with E-state index in [1.807, 2.05) is 6.08 Å². The van der Waals surface area contributed by atoms with Crippen LogP contribution in [0.25, 0.3) is 0 Å². The second-order valence-corrected chi connectivity index (χ2v) is 17.9. The SMILES string of the molecule is CC(C)(C)[Si](C)(C)O[C@@H]1C(=O)C(Br)=C[C@H]1O[Si](C)(C)C. The van der Waals surface area contributed by atoms with E-state index in [4.69, 9.17) is 8.85 Å². The maximum Gasteiger partial charge on any atom is 0.199 e. The van der Waals surface area contributed by atoms with Crippen molar-refractivity contribution in [2.24, 2.45) is 0 Å². The number of hydrogen-bond donors (Lipinski definition) is 0. The summed E-state index contributed by atoms with van der Waals surface area (Å²) in [6.45, 7) is 17.2. The molecule has 0 unspecified atom stereocenters. The number of Topliss-reactive ketones (excluding diaryl/α,β-unsaturated/α-hetero) is 1. The lowest BCUT2D eigenvalue weighted by atomic mass is 10.2. The summed E-state index contributed by atoms with van der Waals surface area (Å²) in [4.78, 5) is 12.3. The van der Waals surface area contributed by atoms with Gasteiger partial charge >= 0.3 is 0 Å². The first-order valence-electron chi connectivity index (χ1n) is 7.02. The third-order valence-electron chi connectivity index (χ3n) is 3.82. The lowest BCUT2D eigenvalue weighted by Crippen LogP contribution is -2.50. The van der Waals surface area contributed by atoms with Crippen LogP contribution in [0.3, 0.4) is 0 Å². The van der Waals surface area contributed by atoms with Crippen LogP contribution < -0.4 is 0 Å². The number of rotatable bonds is 4. The number of carbonyl (C=O) groups excluding carboxylic acids is 1. The van der Waals surface area contributed by atoms with E-state index < -0.39 is 22.7 Å². The van der Waals surface area contributed by atoms with E-state index in [1.54, 1.807) is 0 Å². The van der Waals surface area contributed by atoms with Gasteiger partial charge in [-0.25, -0.2) is 0 Å². The van der Waals surface area contributed by atoms with E-state index in [0.29, 0.717) is 4.48 Å². The molecule has 0 saturated heterocycles. The van der Waals surface area contributed by atoms with Crippen molar-refractivity contribution in [3.05, 3.63) is 10.6 Å². The van der Waals surface area contributed by atoms with Gasteiger partial charge in [0.05, 0.1) is 10.6 Å². The summed E-state index contributed by atoms with van der Waals surface area (Å²) in [6, 6.07) is 0. The molecule has 0 N–H and O–H groups in total. The van der Waals surface area contributed by atoms with E-state index in [1.165, 1.54) is 0 Å². The largest absolute Gasteiger partial charge is 0.408 e. The second-order valence-electron chi connectivity index (χ2n) is 7.87. The molecule has 0 radical (unpaired) electrons. The lowest BCUT2D eigenvalue weighted by molar-refractivity contribution is -0.123. The molecule has 0 amide bonds. The van der Waals surface area contributed by atoms with Gasteiger partial charge in [0.25, 0.3) is 0 Å². The van der Waals surface area contributed by atoms with Crippen LogP contribution in [0.4, 0.5) is 0 Å². The first-order valence-corrected chi connectivity index (χ1v) is 14.1. The minimum atomic E-state index is -2.00. The summed E-state index contributed by atoms with van der Waals surface area (Å²) in [5, 5.41) is 0.0755. The Kier molecular flexibility index (Phi) is 5.30. The van der Waals surface area contributed by atoms with Crippen molar-refractivity contribution in [1.29, 1.82) is 0 Å². The molecule has 0 fully saturated rings. The third kappa shape index (κ3) is 4.37. The second kappa shape index (κ2) is 5.80. The summed E-state index contributed by atoms with van der Waals surface area (Å²) in [7, 11) is -3.72. The van der Waals surface area contributed by atoms with Gasteiger partial charge in [-0.3, -0.25) is 4.79 Å². The third-order valence-corrected chi connectivity index (χ3v) is 9.91. The van der Waals surface area contributed by atoms with Gasteiger partial charge in [-0.2, -0.15) is 0 Å². The zero-order chi connectivity index (χ0) is 15.9. The van der Waals surface area contributed by atoms with E-state index in [9.17, 15) is 4.79 Å². The van der Waals surface area contributed by atoms with Crippen molar-refractivity contribution in [1.82, 2.24) is 0 Å². The Balaban J connectivity index is 2.95. The van der Waals surface area contributed by atoms with Gasteiger partial charge in [0, 0.05) is 0 Å². The van der Waals surface area contributed by atoms with Crippen molar-refractivity contribution < 1.29 is 13.6 Å². The molecule has 20 heavy (non-hydrogen) atoms. The highest BCUT2D eigenvalue weighted by atomic mass is 79.9. The summed E-state index contributed by atoms with van der Waals surface area (Å²) in [5.74, 6) is 0.0121. The molecule has 1 aliphatic carbocycles. The van der Waals surface area contributed by atoms with Gasteiger partial charge in [0.1, 0.15) is 6.10 Å².